The van der Waals surface area contributed by atoms with Gasteiger partial charge in [-0.15, -0.1) is 0 Å². The maximum Gasteiger partial charge on any atom is 0.338 e. The predicted octanol–water partition coefficient (Wildman–Crippen LogP) is 4.57. The first-order chi connectivity index (χ1) is 28.9. The molecular formula is C45H51NO13P2. The summed E-state index contributed by atoms with van der Waals surface area (Å²) < 4.78 is 30.6. The second-order valence-corrected chi connectivity index (χ2v) is 18.2. The zero-order valence-corrected chi connectivity index (χ0v) is 36.6. The average Bonchev–Trinajstić information content (AvgIpc) is 3.24. The topological polar surface area (TPSA) is 204 Å². The van der Waals surface area contributed by atoms with Crippen molar-refractivity contribution in [3.05, 3.63) is 119 Å². The summed E-state index contributed by atoms with van der Waals surface area (Å²) in [5.41, 5.74) is -6.42. The second kappa shape index (κ2) is 17.1. The number of ketones is 1. The Labute approximate surface area is 357 Å². The van der Waals surface area contributed by atoms with Gasteiger partial charge in [0.05, 0.1) is 35.6 Å². The Kier molecular flexibility index (Phi) is 12.5. The minimum Gasteiger partial charge on any atom is -0.456 e. The van der Waals surface area contributed by atoms with Gasteiger partial charge >= 0.3 is 17.9 Å². The molecule has 3 aromatic carbocycles. The van der Waals surface area contributed by atoms with Gasteiger partial charge < -0.3 is 44.1 Å². The third-order valence-corrected chi connectivity index (χ3v) is 14.2. The summed E-state index contributed by atoms with van der Waals surface area (Å²) in [6.45, 7) is 7.07. The van der Waals surface area contributed by atoms with Crippen LogP contribution in [0.25, 0.3) is 0 Å². The van der Waals surface area contributed by atoms with Crippen molar-refractivity contribution in [1.82, 2.24) is 5.32 Å². The zero-order chi connectivity index (χ0) is 44.1. The van der Waals surface area contributed by atoms with E-state index >= 15 is 4.79 Å². The van der Waals surface area contributed by atoms with Gasteiger partial charge in [-0.2, -0.15) is 0 Å². The number of amides is 1. The van der Waals surface area contributed by atoms with Crippen LogP contribution in [0.2, 0.25) is 0 Å². The lowest BCUT2D eigenvalue weighted by atomic mass is 9.44. The molecule has 3 fully saturated rings. The quantitative estimate of drug-likeness (QED) is 0.0904. The number of esters is 3. The van der Waals surface area contributed by atoms with Gasteiger partial charge in [-0.1, -0.05) is 89.5 Å². The average molecular weight is 876 g/mol. The van der Waals surface area contributed by atoms with Crippen molar-refractivity contribution in [2.24, 2.45) is 16.7 Å². The van der Waals surface area contributed by atoms with E-state index in [2.05, 4.69) is 14.2 Å². The molecule has 1 amide bonds. The fourth-order valence-electron chi connectivity index (χ4n) is 10.1. The van der Waals surface area contributed by atoms with E-state index in [1.54, 1.807) is 99.6 Å². The normalized spacial score (nSPS) is 32.5. The Bertz CT molecular complexity index is 2210. The van der Waals surface area contributed by atoms with Crippen molar-refractivity contribution in [3.63, 3.8) is 0 Å². The number of benzene rings is 3. The van der Waals surface area contributed by atoms with Gasteiger partial charge in [0.2, 0.25) is 0 Å². The Morgan fingerprint density at radius 3 is 2.05 bits per heavy atom. The van der Waals surface area contributed by atoms with Crippen molar-refractivity contribution < 1.29 is 62.8 Å². The number of nitrogens with one attached hydrogen (secondary N) is 1. The van der Waals surface area contributed by atoms with Gasteiger partial charge in [-0.05, 0) is 54.8 Å². The maximum absolute atomic E-state index is 15.1. The van der Waals surface area contributed by atoms with Crippen LogP contribution in [0.3, 0.4) is 0 Å². The van der Waals surface area contributed by atoms with Crippen LogP contribution >= 0.6 is 17.4 Å². The van der Waals surface area contributed by atoms with Gasteiger partial charge in [0.15, 0.2) is 17.5 Å². The number of hydrogen-bond acceptors (Lipinski definition) is 13. The second-order valence-electron chi connectivity index (χ2n) is 17.0. The lowest BCUT2D eigenvalue weighted by Crippen LogP contribution is -2.81. The third-order valence-electron chi connectivity index (χ3n) is 13.4. The zero-order valence-electron chi connectivity index (χ0n) is 34.4. The molecule has 61 heavy (non-hydrogen) atoms. The number of aliphatic hydroxyl groups excluding tert-OH is 2. The van der Waals surface area contributed by atoms with Crippen LogP contribution in [0, 0.1) is 16.7 Å². The smallest absolute Gasteiger partial charge is 0.338 e. The van der Waals surface area contributed by atoms with Crippen molar-refractivity contribution in [3.8, 4) is 0 Å². The molecule has 4 N–H and O–H groups in total. The van der Waals surface area contributed by atoms with Gasteiger partial charge in [0.25, 0.3) is 5.91 Å². The molecule has 13 atom stereocenters. The number of carbonyl (C=O) groups is 5. The van der Waals surface area contributed by atoms with E-state index in [9.17, 15) is 34.5 Å². The van der Waals surface area contributed by atoms with Crippen molar-refractivity contribution >= 4 is 47.0 Å². The van der Waals surface area contributed by atoms with Gasteiger partial charge in [-0.25, -0.2) is 9.59 Å². The number of aliphatic hydroxyl groups is 3. The summed E-state index contributed by atoms with van der Waals surface area (Å²) >= 11 is 0. The van der Waals surface area contributed by atoms with Crippen LogP contribution in [0.15, 0.2) is 102 Å². The molecule has 14 nitrogen and oxygen atoms in total. The van der Waals surface area contributed by atoms with E-state index < -0.39 is 107 Å². The summed E-state index contributed by atoms with van der Waals surface area (Å²) in [6.07, 6.45) is -9.68. The molecule has 1 saturated heterocycles. The van der Waals surface area contributed by atoms with Crippen molar-refractivity contribution in [2.45, 2.75) is 101 Å². The fourth-order valence-corrected chi connectivity index (χ4v) is 10.9. The molecule has 324 valence electrons. The fraction of sp³-hybridized carbons (Fsp3) is 0.444. The standard InChI is InChI=1S/C45H51NO13P2/c1-24-29(56-41(53)35(59-61-60)33(26-15-9-6-10-16-26)46-39(51)27-17-11-7-12-18-27)22-45(54)38(57-40(52)28-19-13-8-14-20-28)36-43(5,37(50)34(49)32(24)42(45,3)4)30(48)21-31-44(36,23-55-31)58-25(2)47/h6-20,29-31,33-36,38,48-49,54,61H,21-23,60H2,1-5H3,(H,46,51)/t29-,30-,31+,33-,34+,35+,36?,38-,43+,44-,45+/m0/s1. The number of ether oxygens (including phenoxy) is 4. The van der Waals surface area contributed by atoms with Crippen LogP contribution < -0.4 is 5.32 Å². The monoisotopic (exact) mass is 875 g/mol. The number of Topliss-reactive ketones (excluding diaryl/α,β-unsaturated/α-hetero) is 1. The van der Waals surface area contributed by atoms with E-state index in [4.69, 9.17) is 23.5 Å². The first-order valence-electron chi connectivity index (χ1n) is 20.1. The summed E-state index contributed by atoms with van der Waals surface area (Å²) in [5.74, 6) is -5.44. The van der Waals surface area contributed by atoms with Crippen LogP contribution in [-0.2, 0) is 37.9 Å². The molecule has 0 spiro atoms. The Morgan fingerprint density at radius 2 is 1.49 bits per heavy atom. The summed E-state index contributed by atoms with van der Waals surface area (Å²) in [6, 6.07) is 24.0. The lowest BCUT2D eigenvalue weighted by Gasteiger charge is -2.67. The molecule has 0 radical (unpaired) electrons. The number of fused-ring (bicyclic) bond motifs is 5. The molecule has 0 aromatic heterocycles. The predicted molar refractivity (Wildman–Crippen MR) is 225 cm³/mol. The van der Waals surface area contributed by atoms with Crippen molar-refractivity contribution in [2.75, 3.05) is 6.61 Å². The summed E-state index contributed by atoms with van der Waals surface area (Å²) in [5, 5.41) is 40.8. The molecule has 2 bridgehead atoms. The molecule has 4 aliphatic rings. The number of hydrogen-bond donors (Lipinski definition) is 4. The molecule has 7 rings (SSSR count). The Hall–Kier alpha value is -4.39. The summed E-state index contributed by atoms with van der Waals surface area (Å²) in [7, 11) is 2.07. The highest BCUT2D eigenvalue weighted by atomic mass is 32.0. The van der Waals surface area contributed by atoms with E-state index in [-0.39, 0.29) is 38.2 Å². The van der Waals surface area contributed by atoms with Crippen LogP contribution in [-0.4, -0.2) is 99.4 Å². The van der Waals surface area contributed by atoms with E-state index in [0.717, 1.165) is 0 Å². The van der Waals surface area contributed by atoms with Crippen LogP contribution in [0.4, 0.5) is 0 Å². The van der Waals surface area contributed by atoms with Crippen LogP contribution in [0.1, 0.15) is 79.8 Å². The first-order valence-corrected chi connectivity index (χ1v) is 22.8. The van der Waals surface area contributed by atoms with E-state index in [1.165, 1.54) is 26.0 Å². The Morgan fingerprint density at radius 1 is 0.902 bits per heavy atom. The van der Waals surface area contributed by atoms with E-state index in [1.807, 2.05) is 0 Å². The van der Waals surface area contributed by atoms with Gasteiger partial charge in [0.1, 0.15) is 30.0 Å². The summed E-state index contributed by atoms with van der Waals surface area (Å²) in [4.78, 5) is 70.5. The Balaban J connectivity index is 1.36. The maximum atomic E-state index is 15.1. The first kappa shape index (κ1) is 44.7. The minimum atomic E-state index is -2.31. The van der Waals surface area contributed by atoms with E-state index in [0.29, 0.717) is 11.1 Å². The van der Waals surface area contributed by atoms with Gasteiger partial charge in [-0.3, -0.25) is 14.4 Å². The highest BCUT2D eigenvalue weighted by molar-refractivity contribution is 8.00. The molecule has 3 unspecified atom stereocenters. The number of rotatable bonds is 11. The highest BCUT2D eigenvalue weighted by Crippen LogP contribution is 2.64. The van der Waals surface area contributed by atoms with Crippen molar-refractivity contribution in [1.29, 1.82) is 0 Å². The molecule has 3 aliphatic carbocycles. The molecule has 2 saturated carbocycles. The molecule has 3 aromatic rings. The SMILES string of the molecule is CC(=O)O[C@@]12CO[C@@H]1C[C@H](O)[C@@]1(C)C(=O)[C@H](O)C3=C(C)[C@@H](OC(=O)[C@H](OPP)[C@@H](NC(=O)c4ccccc4)c4ccccc4)C[C@@](O)([C@@H](OC(=O)c4ccccc4)C12)C3(C)C. The molecular weight excluding hydrogens is 824 g/mol. The third kappa shape index (κ3) is 7.54. The largest absolute Gasteiger partial charge is 0.456 e. The highest BCUT2D eigenvalue weighted by Gasteiger charge is 2.78. The molecule has 1 heterocycles. The minimum absolute atomic E-state index is 0.00687. The number of carbonyl (C=O) groups excluding carboxylic acids is 5. The molecule has 16 heteroatoms. The van der Waals surface area contributed by atoms with Gasteiger partial charge in [0, 0.05) is 39.2 Å². The molecule has 1 aliphatic heterocycles. The van der Waals surface area contributed by atoms with Crippen LogP contribution in [0.5, 0.6) is 0 Å². The lowest BCUT2D eigenvalue weighted by molar-refractivity contribution is -0.346.